The summed E-state index contributed by atoms with van der Waals surface area (Å²) in [5, 5.41) is 0.733. The molecule has 3 unspecified atom stereocenters. The molecular formula is C24H24ClN3O. The van der Waals surface area contributed by atoms with E-state index in [9.17, 15) is 0 Å². The molecule has 148 valence electrons. The maximum Gasteiger partial charge on any atom is 0.0785 e. The molecule has 2 aromatic heterocycles. The first-order valence-corrected chi connectivity index (χ1v) is 10.4. The number of benzene rings is 1. The molecule has 29 heavy (non-hydrogen) atoms. The molecule has 0 bridgehead atoms. The second-order valence-electron chi connectivity index (χ2n) is 7.74. The molecule has 5 heteroatoms. The third kappa shape index (κ3) is 3.31. The number of nitrogens with zero attached hydrogens (tertiary/aromatic N) is 2. The lowest BCUT2D eigenvalue weighted by Crippen LogP contribution is -2.33. The molecule has 1 fully saturated rings. The van der Waals surface area contributed by atoms with Crippen molar-refractivity contribution in [2.75, 3.05) is 20.2 Å². The molecule has 0 spiro atoms. The van der Waals surface area contributed by atoms with Gasteiger partial charge in [-0.15, -0.1) is 0 Å². The molecular weight excluding hydrogens is 382 g/mol. The SMILES string of the molecule is COC1CN2CCC=CC2C1c1c[nH]c(-c2cccc(Cl)c2)c1-c1ccncc1. The van der Waals surface area contributed by atoms with Gasteiger partial charge in [0.25, 0.3) is 0 Å². The van der Waals surface area contributed by atoms with Gasteiger partial charge in [0.1, 0.15) is 0 Å². The second-order valence-corrected chi connectivity index (χ2v) is 8.18. The van der Waals surface area contributed by atoms with Crippen LogP contribution in [0.3, 0.4) is 0 Å². The predicted octanol–water partition coefficient (Wildman–Crippen LogP) is 5.14. The van der Waals surface area contributed by atoms with Crippen LogP contribution in [0.25, 0.3) is 22.4 Å². The molecule has 5 rings (SSSR count). The molecule has 0 radical (unpaired) electrons. The summed E-state index contributed by atoms with van der Waals surface area (Å²) in [6.45, 7) is 2.05. The van der Waals surface area contributed by atoms with E-state index in [-0.39, 0.29) is 12.0 Å². The van der Waals surface area contributed by atoms with E-state index >= 15 is 0 Å². The van der Waals surface area contributed by atoms with Crippen LogP contribution in [0.2, 0.25) is 5.02 Å². The van der Waals surface area contributed by atoms with Crippen molar-refractivity contribution in [1.29, 1.82) is 0 Å². The smallest absolute Gasteiger partial charge is 0.0785 e. The molecule has 0 aliphatic carbocycles. The first-order valence-electron chi connectivity index (χ1n) is 10.1. The number of H-pyrrole nitrogens is 1. The number of ether oxygens (including phenoxy) is 1. The number of halogens is 1. The van der Waals surface area contributed by atoms with E-state index in [0.29, 0.717) is 6.04 Å². The minimum Gasteiger partial charge on any atom is -0.379 e. The van der Waals surface area contributed by atoms with Gasteiger partial charge in [-0.25, -0.2) is 0 Å². The summed E-state index contributed by atoms with van der Waals surface area (Å²) in [7, 11) is 1.83. The van der Waals surface area contributed by atoms with Crippen molar-refractivity contribution < 1.29 is 4.74 Å². The van der Waals surface area contributed by atoms with Crippen molar-refractivity contribution in [3.05, 3.63) is 77.7 Å². The number of aromatic amines is 1. The van der Waals surface area contributed by atoms with E-state index in [1.165, 1.54) is 11.1 Å². The topological polar surface area (TPSA) is 41.1 Å². The third-order valence-corrected chi connectivity index (χ3v) is 6.41. The highest BCUT2D eigenvalue weighted by Crippen LogP contribution is 2.45. The summed E-state index contributed by atoms with van der Waals surface area (Å²) in [5.41, 5.74) is 5.82. The molecule has 3 aromatic rings. The summed E-state index contributed by atoms with van der Waals surface area (Å²) in [4.78, 5) is 10.3. The normalized spacial score (nSPS) is 24.0. The Hall–Kier alpha value is -2.40. The maximum atomic E-state index is 6.30. The van der Waals surface area contributed by atoms with Gasteiger partial charge in [0, 0.05) is 66.9 Å². The number of rotatable bonds is 4. The fourth-order valence-electron chi connectivity index (χ4n) is 4.88. The van der Waals surface area contributed by atoms with Gasteiger partial charge in [0.15, 0.2) is 0 Å². The highest BCUT2D eigenvalue weighted by atomic mass is 35.5. The standard InChI is InChI=1S/C24H24ClN3O/c1-29-21-15-28-12-3-2-7-20(28)23(21)19-14-27-24(17-5-4-6-18(25)13-17)22(19)16-8-10-26-11-9-16/h2,4-11,13-14,20-21,23,27H,3,12,15H2,1H3. The summed E-state index contributed by atoms with van der Waals surface area (Å²) in [6.07, 6.45) is 11.8. The number of nitrogens with one attached hydrogen (secondary N) is 1. The summed E-state index contributed by atoms with van der Waals surface area (Å²) >= 11 is 6.30. The number of fused-ring (bicyclic) bond motifs is 1. The lowest BCUT2D eigenvalue weighted by Gasteiger charge is -2.28. The molecule has 0 amide bonds. The zero-order valence-electron chi connectivity index (χ0n) is 16.4. The molecule has 1 saturated heterocycles. The van der Waals surface area contributed by atoms with Crippen LogP contribution < -0.4 is 0 Å². The van der Waals surface area contributed by atoms with Crippen LogP contribution in [0.15, 0.2) is 67.1 Å². The van der Waals surface area contributed by atoms with E-state index in [1.54, 1.807) is 0 Å². The Morgan fingerprint density at radius 2 is 2.03 bits per heavy atom. The average Bonchev–Trinajstić information content (AvgIpc) is 3.35. The lowest BCUT2D eigenvalue weighted by atomic mass is 9.85. The number of methoxy groups -OCH3 is 1. The van der Waals surface area contributed by atoms with E-state index < -0.39 is 0 Å². The van der Waals surface area contributed by atoms with E-state index in [2.05, 4.69) is 51.4 Å². The zero-order chi connectivity index (χ0) is 19.8. The van der Waals surface area contributed by atoms with E-state index in [4.69, 9.17) is 16.3 Å². The van der Waals surface area contributed by atoms with Gasteiger partial charge in [-0.3, -0.25) is 9.88 Å². The quantitative estimate of drug-likeness (QED) is 0.611. The van der Waals surface area contributed by atoms with Crippen molar-refractivity contribution in [1.82, 2.24) is 14.9 Å². The van der Waals surface area contributed by atoms with Gasteiger partial charge < -0.3 is 9.72 Å². The van der Waals surface area contributed by atoms with Crippen molar-refractivity contribution in [2.45, 2.75) is 24.5 Å². The minimum absolute atomic E-state index is 0.159. The number of aromatic nitrogens is 2. The summed E-state index contributed by atoms with van der Waals surface area (Å²) in [5.74, 6) is 0.267. The van der Waals surface area contributed by atoms with Gasteiger partial charge in [-0.1, -0.05) is 35.9 Å². The molecule has 0 saturated carbocycles. The van der Waals surface area contributed by atoms with Crippen LogP contribution in [0.1, 0.15) is 17.9 Å². The minimum atomic E-state index is 0.159. The average molecular weight is 406 g/mol. The highest BCUT2D eigenvalue weighted by Gasteiger charge is 2.43. The largest absolute Gasteiger partial charge is 0.379 e. The van der Waals surface area contributed by atoms with Crippen molar-refractivity contribution in [2.24, 2.45) is 0 Å². The number of hydrogen-bond donors (Lipinski definition) is 1. The van der Waals surface area contributed by atoms with Crippen molar-refractivity contribution in [3.63, 3.8) is 0 Å². The fraction of sp³-hybridized carbons (Fsp3) is 0.292. The van der Waals surface area contributed by atoms with Crippen molar-refractivity contribution >= 4 is 11.6 Å². The van der Waals surface area contributed by atoms with Gasteiger partial charge in [0.2, 0.25) is 0 Å². The van der Waals surface area contributed by atoms with Crippen LogP contribution in [0.5, 0.6) is 0 Å². The van der Waals surface area contributed by atoms with Crippen LogP contribution in [0, 0.1) is 0 Å². The molecule has 4 nitrogen and oxygen atoms in total. The highest BCUT2D eigenvalue weighted by molar-refractivity contribution is 6.30. The Morgan fingerprint density at radius 1 is 1.17 bits per heavy atom. The van der Waals surface area contributed by atoms with Gasteiger partial charge in [-0.2, -0.15) is 0 Å². The van der Waals surface area contributed by atoms with Crippen LogP contribution in [0.4, 0.5) is 0 Å². The van der Waals surface area contributed by atoms with Gasteiger partial charge in [-0.05, 0) is 41.8 Å². The Bertz CT molecular complexity index is 1030. The van der Waals surface area contributed by atoms with E-state index in [0.717, 1.165) is 41.4 Å². The molecule has 1 aromatic carbocycles. The predicted molar refractivity (Wildman–Crippen MR) is 117 cm³/mol. The van der Waals surface area contributed by atoms with Crippen LogP contribution in [-0.4, -0.2) is 47.2 Å². The van der Waals surface area contributed by atoms with Gasteiger partial charge in [0.05, 0.1) is 11.8 Å². The van der Waals surface area contributed by atoms with E-state index in [1.807, 2.05) is 37.7 Å². The Morgan fingerprint density at radius 3 is 2.83 bits per heavy atom. The zero-order valence-corrected chi connectivity index (χ0v) is 17.1. The van der Waals surface area contributed by atoms with Crippen LogP contribution >= 0.6 is 11.6 Å². The van der Waals surface area contributed by atoms with Gasteiger partial charge >= 0.3 is 0 Å². The molecule has 1 N–H and O–H groups in total. The Kier molecular flexibility index (Phi) is 5.00. The monoisotopic (exact) mass is 405 g/mol. The second kappa shape index (κ2) is 7.79. The molecule has 2 aliphatic rings. The Balaban J connectivity index is 1.69. The summed E-state index contributed by atoms with van der Waals surface area (Å²) < 4.78 is 5.97. The van der Waals surface area contributed by atoms with Crippen molar-refractivity contribution in [3.8, 4) is 22.4 Å². The third-order valence-electron chi connectivity index (χ3n) is 6.18. The number of hydrogen-bond acceptors (Lipinski definition) is 3. The fourth-order valence-corrected chi connectivity index (χ4v) is 5.07. The van der Waals surface area contributed by atoms with Crippen LogP contribution in [-0.2, 0) is 4.74 Å². The molecule has 3 atom stereocenters. The maximum absolute atomic E-state index is 6.30. The molecule has 2 aliphatic heterocycles. The Labute approximate surface area is 176 Å². The lowest BCUT2D eigenvalue weighted by molar-refractivity contribution is 0.0974. The molecule has 4 heterocycles. The first-order chi connectivity index (χ1) is 14.3. The number of pyridine rings is 1. The first kappa shape index (κ1) is 18.6. The summed E-state index contributed by atoms with van der Waals surface area (Å²) in [6, 6.07) is 12.5.